The second kappa shape index (κ2) is 8.60. The summed E-state index contributed by atoms with van der Waals surface area (Å²) in [6, 6.07) is 11.4. The maximum absolute atomic E-state index is 8.79. The van der Waals surface area contributed by atoms with Gasteiger partial charge in [-0.1, -0.05) is 32.9 Å². The molecule has 3 heteroatoms. The Morgan fingerprint density at radius 3 is 2.35 bits per heavy atom. The molecule has 110 valence electrons. The van der Waals surface area contributed by atoms with Crippen LogP contribution in [-0.2, 0) is 0 Å². The van der Waals surface area contributed by atoms with Gasteiger partial charge in [0.15, 0.2) is 0 Å². The van der Waals surface area contributed by atoms with Crippen molar-refractivity contribution in [2.45, 2.75) is 39.7 Å². The van der Waals surface area contributed by atoms with E-state index < -0.39 is 0 Å². The summed E-state index contributed by atoms with van der Waals surface area (Å²) in [6.45, 7) is 8.40. The van der Waals surface area contributed by atoms with Crippen LogP contribution in [0.25, 0.3) is 0 Å². The molecule has 1 N–H and O–H groups in total. The summed E-state index contributed by atoms with van der Waals surface area (Å²) in [4.78, 5) is 2.30. The van der Waals surface area contributed by atoms with Crippen LogP contribution < -0.4 is 10.2 Å². The molecule has 1 unspecified atom stereocenters. The Balaban J connectivity index is 2.84. The average molecular weight is 273 g/mol. The van der Waals surface area contributed by atoms with Crippen molar-refractivity contribution in [3.63, 3.8) is 0 Å². The van der Waals surface area contributed by atoms with Gasteiger partial charge in [-0.15, -0.1) is 0 Å². The van der Waals surface area contributed by atoms with E-state index in [0.717, 1.165) is 19.5 Å². The normalized spacial score (nSPS) is 12.2. The Bertz CT molecular complexity index is 413. The molecule has 3 nitrogen and oxygen atoms in total. The predicted octanol–water partition coefficient (Wildman–Crippen LogP) is 3.73. The largest absolute Gasteiger partial charge is 0.370 e. The molecule has 1 rings (SSSR count). The molecule has 0 aliphatic heterocycles. The van der Waals surface area contributed by atoms with Crippen molar-refractivity contribution in [2.24, 2.45) is 5.92 Å². The Hall–Kier alpha value is -1.53. The van der Waals surface area contributed by atoms with Crippen molar-refractivity contribution >= 4 is 5.69 Å². The third-order valence-corrected chi connectivity index (χ3v) is 3.50. The van der Waals surface area contributed by atoms with E-state index in [1.54, 1.807) is 0 Å². The number of rotatable bonds is 8. The van der Waals surface area contributed by atoms with Crippen molar-refractivity contribution in [3.8, 4) is 6.07 Å². The SMILES string of the molecule is CCC(NC)c1ccc(N(CCC#N)CC(C)C)cc1. The fourth-order valence-electron chi connectivity index (χ4n) is 2.48. The van der Waals surface area contributed by atoms with E-state index in [0.29, 0.717) is 18.4 Å². The van der Waals surface area contributed by atoms with Gasteiger partial charge in [0, 0.05) is 24.8 Å². The zero-order valence-corrected chi connectivity index (χ0v) is 13.2. The van der Waals surface area contributed by atoms with Crippen molar-refractivity contribution < 1.29 is 0 Å². The maximum Gasteiger partial charge on any atom is 0.0640 e. The highest BCUT2D eigenvalue weighted by molar-refractivity contribution is 5.48. The first-order valence-corrected chi connectivity index (χ1v) is 7.51. The molecule has 0 saturated heterocycles. The fourth-order valence-corrected chi connectivity index (χ4v) is 2.48. The number of hydrogen-bond donors (Lipinski definition) is 1. The van der Waals surface area contributed by atoms with Crippen molar-refractivity contribution in [1.29, 1.82) is 5.26 Å². The van der Waals surface area contributed by atoms with E-state index in [4.69, 9.17) is 5.26 Å². The van der Waals surface area contributed by atoms with Crippen LogP contribution >= 0.6 is 0 Å². The van der Waals surface area contributed by atoms with Gasteiger partial charge in [-0.2, -0.15) is 5.26 Å². The van der Waals surface area contributed by atoms with Gasteiger partial charge in [-0.3, -0.25) is 0 Å². The number of benzene rings is 1. The molecule has 0 saturated carbocycles. The van der Waals surface area contributed by atoms with Gasteiger partial charge >= 0.3 is 0 Å². The maximum atomic E-state index is 8.79. The van der Waals surface area contributed by atoms with E-state index in [9.17, 15) is 0 Å². The summed E-state index contributed by atoms with van der Waals surface area (Å²) in [7, 11) is 2.00. The minimum Gasteiger partial charge on any atom is -0.370 e. The molecule has 0 amide bonds. The number of nitriles is 1. The molecule has 20 heavy (non-hydrogen) atoms. The standard InChI is InChI=1S/C17H27N3/c1-5-17(19-4)15-7-9-16(10-8-15)20(12-6-11-18)13-14(2)3/h7-10,14,17,19H,5-6,12-13H2,1-4H3. The third-order valence-electron chi connectivity index (χ3n) is 3.50. The van der Waals surface area contributed by atoms with E-state index in [-0.39, 0.29) is 0 Å². The quantitative estimate of drug-likeness (QED) is 0.784. The number of hydrogen-bond acceptors (Lipinski definition) is 3. The van der Waals surface area contributed by atoms with Crippen LogP contribution in [-0.4, -0.2) is 20.1 Å². The number of anilines is 1. The molecule has 0 heterocycles. The lowest BCUT2D eigenvalue weighted by Crippen LogP contribution is -2.28. The van der Waals surface area contributed by atoms with Crippen LogP contribution in [0.1, 0.15) is 45.2 Å². The van der Waals surface area contributed by atoms with Gasteiger partial charge in [-0.25, -0.2) is 0 Å². The summed E-state index contributed by atoms with van der Waals surface area (Å²) >= 11 is 0. The first-order valence-electron chi connectivity index (χ1n) is 7.51. The van der Waals surface area contributed by atoms with Gasteiger partial charge in [0.2, 0.25) is 0 Å². The summed E-state index contributed by atoms with van der Waals surface area (Å²) < 4.78 is 0. The molecule has 0 spiro atoms. The van der Waals surface area contributed by atoms with E-state index in [2.05, 4.69) is 61.3 Å². The minimum atomic E-state index is 0.418. The Morgan fingerprint density at radius 2 is 1.90 bits per heavy atom. The zero-order valence-electron chi connectivity index (χ0n) is 13.2. The van der Waals surface area contributed by atoms with Crippen LogP contribution in [0.5, 0.6) is 0 Å². The first-order chi connectivity index (χ1) is 9.62. The van der Waals surface area contributed by atoms with E-state index >= 15 is 0 Å². The Labute approximate surface area is 123 Å². The highest BCUT2D eigenvalue weighted by Crippen LogP contribution is 2.22. The predicted molar refractivity (Wildman–Crippen MR) is 85.8 cm³/mol. The molecule has 0 aliphatic carbocycles. The third kappa shape index (κ3) is 4.86. The van der Waals surface area contributed by atoms with Crippen molar-refractivity contribution in [1.82, 2.24) is 5.32 Å². The zero-order chi connectivity index (χ0) is 15.0. The van der Waals surface area contributed by atoms with Gasteiger partial charge in [0.1, 0.15) is 0 Å². The van der Waals surface area contributed by atoms with Gasteiger partial charge < -0.3 is 10.2 Å². The lowest BCUT2D eigenvalue weighted by molar-refractivity contribution is 0.576. The second-order valence-electron chi connectivity index (χ2n) is 5.59. The van der Waals surface area contributed by atoms with Crippen molar-refractivity contribution in [2.75, 3.05) is 25.0 Å². The first kappa shape index (κ1) is 16.5. The van der Waals surface area contributed by atoms with Crippen LogP contribution in [0.15, 0.2) is 24.3 Å². The average Bonchev–Trinajstić information content (AvgIpc) is 2.45. The van der Waals surface area contributed by atoms with E-state index in [1.165, 1.54) is 11.3 Å². The summed E-state index contributed by atoms with van der Waals surface area (Å²) in [5.41, 5.74) is 2.53. The van der Waals surface area contributed by atoms with Crippen LogP contribution in [0.3, 0.4) is 0 Å². The monoisotopic (exact) mass is 273 g/mol. The van der Waals surface area contributed by atoms with Crippen molar-refractivity contribution in [3.05, 3.63) is 29.8 Å². The highest BCUT2D eigenvalue weighted by atomic mass is 15.1. The number of nitrogens with one attached hydrogen (secondary N) is 1. The van der Waals surface area contributed by atoms with Gasteiger partial charge in [0.05, 0.1) is 12.5 Å². The Morgan fingerprint density at radius 1 is 1.25 bits per heavy atom. The summed E-state index contributed by atoms with van der Waals surface area (Å²) in [6.07, 6.45) is 1.66. The minimum absolute atomic E-state index is 0.418. The van der Waals surface area contributed by atoms with Gasteiger partial charge in [0.25, 0.3) is 0 Å². The summed E-state index contributed by atoms with van der Waals surface area (Å²) in [5, 5.41) is 12.1. The molecule has 1 aromatic carbocycles. The lowest BCUT2D eigenvalue weighted by atomic mass is 10.0. The molecule has 0 aliphatic rings. The number of nitrogens with zero attached hydrogens (tertiary/aromatic N) is 2. The molecule has 1 atom stereocenters. The molecule has 0 bridgehead atoms. The molecule has 0 fully saturated rings. The molecule has 0 radical (unpaired) electrons. The second-order valence-corrected chi connectivity index (χ2v) is 5.59. The van der Waals surface area contributed by atoms with Gasteiger partial charge in [-0.05, 0) is 37.1 Å². The summed E-state index contributed by atoms with van der Waals surface area (Å²) in [5.74, 6) is 0.592. The van der Waals surface area contributed by atoms with Crippen LogP contribution in [0.2, 0.25) is 0 Å². The molecule has 1 aromatic rings. The Kier molecular flexibility index (Phi) is 7.11. The fraction of sp³-hybridized carbons (Fsp3) is 0.588. The molecule has 0 aromatic heterocycles. The highest BCUT2D eigenvalue weighted by Gasteiger charge is 2.10. The topological polar surface area (TPSA) is 39.1 Å². The van der Waals surface area contributed by atoms with Crippen LogP contribution in [0.4, 0.5) is 5.69 Å². The van der Waals surface area contributed by atoms with Crippen LogP contribution in [0, 0.1) is 17.2 Å². The molecular weight excluding hydrogens is 246 g/mol. The molecular formula is C17H27N3. The lowest BCUT2D eigenvalue weighted by Gasteiger charge is -2.26. The smallest absolute Gasteiger partial charge is 0.0640 e. The van der Waals surface area contributed by atoms with E-state index in [1.807, 2.05) is 7.05 Å².